The van der Waals surface area contributed by atoms with Crippen LogP contribution in [-0.4, -0.2) is 19.0 Å². The van der Waals surface area contributed by atoms with Gasteiger partial charge in [-0.3, -0.25) is 4.79 Å². The third-order valence-electron chi connectivity index (χ3n) is 3.61. The van der Waals surface area contributed by atoms with Crippen molar-refractivity contribution in [3.05, 3.63) is 34.3 Å². The van der Waals surface area contributed by atoms with Crippen molar-refractivity contribution in [2.45, 2.75) is 26.3 Å². The Morgan fingerprint density at radius 3 is 2.94 bits per heavy atom. The summed E-state index contributed by atoms with van der Waals surface area (Å²) in [6.07, 6.45) is 0.907. The van der Waals surface area contributed by atoms with E-state index in [9.17, 15) is 4.79 Å². The first-order valence-electron chi connectivity index (χ1n) is 6.28. The van der Waals surface area contributed by atoms with E-state index in [1.54, 1.807) is 0 Å². The van der Waals surface area contributed by atoms with E-state index < -0.39 is 0 Å². The predicted molar refractivity (Wildman–Crippen MR) is 76.3 cm³/mol. The molecule has 98 valence electrons. The molecule has 1 aromatic rings. The van der Waals surface area contributed by atoms with Crippen molar-refractivity contribution in [3.8, 4) is 0 Å². The Bertz CT molecular complexity index is 441. The van der Waals surface area contributed by atoms with Crippen LogP contribution in [0, 0.1) is 5.41 Å². The van der Waals surface area contributed by atoms with Gasteiger partial charge in [0.1, 0.15) is 0 Å². The molecule has 0 saturated carbocycles. The molecular weight excluding hydrogens is 292 g/mol. The summed E-state index contributed by atoms with van der Waals surface area (Å²) in [5.74, 6) is 0.139. The molecule has 2 N–H and O–H groups in total. The average Bonchev–Trinajstić information content (AvgIpc) is 2.77. The van der Waals surface area contributed by atoms with E-state index in [-0.39, 0.29) is 17.4 Å². The Kier molecular flexibility index (Phi) is 4.07. The van der Waals surface area contributed by atoms with Gasteiger partial charge in [0.25, 0.3) is 0 Å². The van der Waals surface area contributed by atoms with Crippen molar-refractivity contribution in [2.75, 3.05) is 13.1 Å². The lowest BCUT2D eigenvalue weighted by molar-refractivity contribution is -0.129. The molecule has 1 unspecified atom stereocenters. The van der Waals surface area contributed by atoms with Gasteiger partial charge in [-0.05, 0) is 44.5 Å². The summed E-state index contributed by atoms with van der Waals surface area (Å²) in [6.45, 7) is 5.74. The zero-order chi connectivity index (χ0) is 13.2. The topological polar surface area (TPSA) is 41.1 Å². The standard InChI is InChI=1S/C14H19BrN2O/c1-10(11-4-3-5-12(15)8-11)17-13(18)14(2)6-7-16-9-14/h3-5,8,10,16H,6-7,9H2,1-2H3,(H,17,18)/t10-,14?/m1/s1. The van der Waals surface area contributed by atoms with E-state index in [1.165, 1.54) is 0 Å². The van der Waals surface area contributed by atoms with Gasteiger partial charge in [0.15, 0.2) is 0 Å². The van der Waals surface area contributed by atoms with Crippen LogP contribution in [0.3, 0.4) is 0 Å². The van der Waals surface area contributed by atoms with Crippen LogP contribution < -0.4 is 10.6 Å². The molecule has 2 atom stereocenters. The van der Waals surface area contributed by atoms with Crippen LogP contribution in [0.15, 0.2) is 28.7 Å². The van der Waals surface area contributed by atoms with E-state index in [2.05, 4.69) is 26.6 Å². The quantitative estimate of drug-likeness (QED) is 0.901. The van der Waals surface area contributed by atoms with Crippen molar-refractivity contribution >= 4 is 21.8 Å². The fraction of sp³-hybridized carbons (Fsp3) is 0.500. The second kappa shape index (κ2) is 5.41. The molecule has 18 heavy (non-hydrogen) atoms. The molecule has 2 rings (SSSR count). The molecule has 3 nitrogen and oxygen atoms in total. The maximum absolute atomic E-state index is 12.3. The zero-order valence-corrected chi connectivity index (χ0v) is 12.4. The smallest absolute Gasteiger partial charge is 0.227 e. The molecule has 4 heteroatoms. The monoisotopic (exact) mass is 310 g/mol. The van der Waals surface area contributed by atoms with Crippen LogP contribution in [0.1, 0.15) is 31.9 Å². The Balaban J connectivity index is 2.03. The van der Waals surface area contributed by atoms with Gasteiger partial charge in [0.2, 0.25) is 5.91 Å². The predicted octanol–water partition coefficient (Wildman–Crippen LogP) is 2.63. The molecule has 1 fully saturated rings. The van der Waals surface area contributed by atoms with E-state index in [0.29, 0.717) is 0 Å². The minimum atomic E-state index is -0.264. The zero-order valence-electron chi connectivity index (χ0n) is 10.8. The van der Waals surface area contributed by atoms with Gasteiger partial charge in [-0.1, -0.05) is 28.1 Å². The molecule has 1 aliphatic rings. The minimum Gasteiger partial charge on any atom is -0.349 e. The first-order chi connectivity index (χ1) is 8.51. The molecule has 1 aromatic carbocycles. The molecule has 0 aliphatic carbocycles. The van der Waals surface area contributed by atoms with Gasteiger partial charge in [0, 0.05) is 11.0 Å². The Morgan fingerprint density at radius 2 is 2.33 bits per heavy atom. The van der Waals surface area contributed by atoms with Crippen LogP contribution in [0.4, 0.5) is 0 Å². The maximum Gasteiger partial charge on any atom is 0.227 e. The number of amides is 1. The van der Waals surface area contributed by atoms with Gasteiger partial charge < -0.3 is 10.6 Å². The number of rotatable bonds is 3. The molecule has 0 bridgehead atoms. The summed E-state index contributed by atoms with van der Waals surface area (Å²) in [5, 5.41) is 6.35. The molecule has 1 amide bonds. The summed E-state index contributed by atoms with van der Waals surface area (Å²) in [6, 6.07) is 8.08. The Hall–Kier alpha value is -0.870. The second-order valence-corrected chi connectivity index (χ2v) is 6.15. The van der Waals surface area contributed by atoms with Gasteiger partial charge >= 0.3 is 0 Å². The third-order valence-corrected chi connectivity index (χ3v) is 4.11. The highest BCUT2D eigenvalue weighted by molar-refractivity contribution is 9.10. The lowest BCUT2D eigenvalue weighted by atomic mass is 9.88. The Morgan fingerprint density at radius 1 is 1.56 bits per heavy atom. The van der Waals surface area contributed by atoms with Crippen LogP contribution >= 0.6 is 15.9 Å². The normalized spacial score (nSPS) is 24.8. The highest BCUT2D eigenvalue weighted by Gasteiger charge is 2.36. The van der Waals surface area contributed by atoms with Crippen molar-refractivity contribution < 1.29 is 4.79 Å². The number of nitrogens with one attached hydrogen (secondary N) is 2. The summed E-state index contributed by atoms with van der Waals surface area (Å²) in [5.41, 5.74) is 0.854. The lowest BCUT2D eigenvalue weighted by Crippen LogP contribution is -2.41. The molecule has 0 aromatic heterocycles. The summed E-state index contributed by atoms with van der Waals surface area (Å²) < 4.78 is 1.04. The maximum atomic E-state index is 12.3. The Labute approximate surface area is 116 Å². The molecule has 0 spiro atoms. The fourth-order valence-electron chi connectivity index (χ4n) is 2.24. The van der Waals surface area contributed by atoms with Crippen molar-refractivity contribution in [3.63, 3.8) is 0 Å². The van der Waals surface area contributed by atoms with Gasteiger partial charge in [0.05, 0.1) is 11.5 Å². The largest absolute Gasteiger partial charge is 0.349 e. The first-order valence-corrected chi connectivity index (χ1v) is 7.08. The molecule has 1 heterocycles. The SMILES string of the molecule is C[C@@H](NC(=O)C1(C)CCNC1)c1cccc(Br)c1. The summed E-state index contributed by atoms with van der Waals surface area (Å²) in [7, 11) is 0. The fourth-order valence-corrected chi connectivity index (χ4v) is 2.66. The number of halogens is 1. The van der Waals surface area contributed by atoms with Crippen molar-refractivity contribution in [1.29, 1.82) is 0 Å². The third kappa shape index (κ3) is 2.93. The average molecular weight is 311 g/mol. The van der Waals surface area contributed by atoms with Crippen molar-refractivity contribution in [1.82, 2.24) is 10.6 Å². The number of carbonyl (C=O) groups is 1. The van der Waals surface area contributed by atoms with Crippen LogP contribution in [0.2, 0.25) is 0 Å². The number of benzene rings is 1. The summed E-state index contributed by atoms with van der Waals surface area (Å²) >= 11 is 3.45. The van der Waals surface area contributed by atoms with Crippen LogP contribution in [-0.2, 0) is 4.79 Å². The second-order valence-electron chi connectivity index (χ2n) is 5.24. The van der Waals surface area contributed by atoms with Crippen LogP contribution in [0.5, 0.6) is 0 Å². The highest BCUT2D eigenvalue weighted by Crippen LogP contribution is 2.26. The number of carbonyl (C=O) groups excluding carboxylic acids is 1. The van der Waals surface area contributed by atoms with E-state index in [4.69, 9.17) is 0 Å². The molecule has 1 aliphatic heterocycles. The minimum absolute atomic E-state index is 0.0347. The van der Waals surface area contributed by atoms with E-state index in [1.807, 2.05) is 38.1 Å². The van der Waals surface area contributed by atoms with Gasteiger partial charge in [-0.25, -0.2) is 0 Å². The van der Waals surface area contributed by atoms with Gasteiger partial charge in [-0.15, -0.1) is 0 Å². The molecular formula is C14H19BrN2O. The molecule has 0 radical (unpaired) electrons. The highest BCUT2D eigenvalue weighted by atomic mass is 79.9. The number of hydrogen-bond donors (Lipinski definition) is 2. The first kappa shape index (κ1) is 13.6. The van der Waals surface area contributed by atoms with Crippen molar-refractivity contribution in [2.24, 2.45) is 5.41 Å². The van der Waals surface area contributed by atoms with Crippen LogP contribution in [0.25, 0.3) is 0 Å². The van der Waals surface area contributed by atoms with Gasteiger partial charge in [-0.2, -0.15) is 0 Å². The lowest BCUT2D eigenvalue weighted by Gasteiger charge is -2.24. The number of hydrogen-bond acceptors (Lipinski definition) is 2. The molecule has 1 saturated heterocycles. The van der Waals surface area contributed by atoms with E-state index >= 15 is 0 Å². The van der Waals surface area contributed by atoms with E-state index in [0.717, 1.165) is 29.5 Å². The summed E-state index contributed by atoms with van der Waals surface area (Å²) in [4.78, 5) is 12.3.